The van der Waals surface area contributed by atoms with Crippen LogP contribution < -0.4 is 15.2 Å². The van der Waals surface area contributed by atoms with E-state index in [1.165, 1.54) is 0 Å². The van der Waals surface area contributed by atoms with Crippen LogP contribution in [0.25, 0.3) is 0 Å². The molecule has 0 aliphatic carbocycles. The summed E-state index contributed by atoms with van der Waals surface area (Å²) in [5, 5.41) is 1.80. The molecule has 6 nitrogen and oxygen atoms in total. The largest absolute Gasteiger partial charge is 0.284 e. The van der Waals surface area contributed by atoms with Crippen LogP contribution in [0.4, 0.5) is 5.69 Å². The van der Waals surface area contributed by atoms with Crippen LogP contribution in [-0.2, 0) is 21.4 Å². The Labute approximate surface area is 119 Å². The van der Waals surface area contributed by atoms with E-state index in [9.17, 15) is 13.2 Å². The lowest BCUT2D eigenvalue weighted by molar-refractivity contribution is -0.125. The van der Waals surface area contributed by atoms with Crippen LogP contribution in [-0.4, -0.2) is 27.1 Å². The van der Waals surface area contributed by atoms with Gasteiger partial charge in [-0.05, 0) is 31.5 Å². The van der Waals surface area contributed by atoms with Crippen molar-refractivity contribution in [3.63, 3.8) is 0 Å². The van der Waals surface area contributed by atoms with E-state index in [1.807, 2.05) is 38.1 Å². The number of carbonyl (C=O) groups excluding carboxylic acids is 1. The fraction of sp³-hybridized carbons (Fsp3) is 0.462. The summed E-state index contributed by atoms with van der Waals surface area (Å²) in [4.78, 5) is 11.7. The monoisotopic (exact) mass is 297 g/mol. The number of rotatable bonds is 4. The van der Waals surface area contributed by atoms with Gasteiger partial charge < -0.3 is 0 Å². The number of sulfonamides is 1. The van der Waals surface area contributed by atoms with Crippen LogP contribution in [0.15, 0.2) is 24.3 Å². The maximum atomic E-state index is 11.7. The molecule has 7 heteroatoms. The van der Waals surface area contributed by atoms with Crippen molar-refractivity contribution in [1.82, 2.24) is 10.1 Å². The smallest absolute Gasteiger partial charge is 0.246 e. The number of hydrogen-bond acceptors (Lipinski definition) is 4. The van der Waals surface area contributed by atoms with Crippen LogP contribution in [0.2, 0.25) is 0 Å². The van der Waals surface area contributed by atoms with Gasteiger partial charge in [0.25, 0.3) is 0 Å². The molecule has 2 rings (SSSR count). The average Bonchev–Trinajstić information content (AvgIpc) is 2.61. The first-order valence-corrected chi connectivity index (χ1v) is 8.19. The predicted molar refractivity (Wildman–Crippen MR) is 77.4 cm³/mol. The van der Waals surface area contributed by atoms with Crippen molar-refractivity contribution in [2.24, 2.45) is 5.41 Å². The molecule has 0 atom stereocenters. The zero-order valence-electron chi connectivity index (χ0n) is 11.8. The Morgan fingerprint density at radius 3 is 2.35 bits per heavy atom. The number of hydrogen-bond donors (Lipinski definition) is 2. The summed E-state index contributed by atoms with van der Waals surface area (Å²) in [6.07, 6.45) is 1.13. The van der Waals surface area contributed by atoms with Gasteiger partial charge in [0.15, 0.2) is 0 Å². The summed E-state index contributed by atoms with van der Waals surface area (Å²) in [5.74, 6) is 0.000296. The van der Waals surface area contributed by atoms with Crippen LogP contribution in [0.1, 0.15) is 19.4 Å². The Morgan fingerprint density at radius 2 is 1.90 bits per heavy atom. The number of benzene rings is 1. The molecule has 1 aromatic rings. The highest BCUT2D eigenvalue weighted by Crippen LogP contribution is 2.26. The van der Waals surface area contributed by atoms with Crippen LogP contribution >= 0.6 is 0 Å². The van der Waals surface area contributed by atoms with Gasteiger partial charge >= 0.3 is 0 Å². The fourth-order valence-corrected chi connectivity index (χ4v) is 2.37. The first-order chi connectivity index (χ1) is 9.17. The Bertz CT molecular complexity index is 608. The summed E-state index contributed by atoms with van der Waals surface area (Å²) in [5.41, 5.74) is 4.16. The van der Waals surface area contributed by atoms with Crippen LogP contribution in [0.5, 0.6) is 0 Å². The van der Waals surface area contributed by atoms with Crippen molar-refractivity contribution in [2.45, 2.75) is 20.4 Å². The minimum Gasteiger partial charge on any atom is -0.284 e. The molecule has 0 radical (unpaired) electrons. The fourth-order valence-electron chi connectivity index (χ4n) is 1.94. The van der Waals surface area contributed by atoms with E-state index in [4.69, 9.17) is 0 Å². The van der Waals surface area contributed by atoms with Gasteiger partial charge in [0.05, 0.1) is 23.9 Å². The third kappa shape index (κ3) is 3.49. The highest BCUT2D eigenvalue weighted by molar-refractivity contribution is 7.88. The Hall–Kier alpha value is -1.60. The standard InChI is InChI=1S/C13H19N3O3S/c1-13(2)9-16(15-12(13)17)11-6-4-10(5-7-11)8-14-20(3,18)19/h4-7,14H,8-9H2,1-3H3,(H,15,17). The maximum absolute atomic E-state index is 11.7. The molecule has 110 valence electrons. The normalized spacial score (nSPS) is 18.1. The van der Waals surface area contributed by atoms with E-state index in [-0.39, 0.29) is 12.5 Å². The van der Waals surface area contributed by atoms with Gasteiger partial charge in [0, 0.05) is 6.54 Å². The molecular formula is C13H19N3O3S. The molecule has 1 aliphatic rings. The molecule has 1 aromatic carbocycles. The summed E-state index contributed by atoms with van der Waals surface area (Å²) < 4.78 is 24.5. The van der Waals surface area contributed by atoms with Crippen molar-refractivity contribution >= 4 is 21.6 Å². The number of nitrogens with one attached hydrogen (secondary N) is 2. The molecule has 1 heterocycles. The van der Waals surface area contributed by atoms with Gasteiger partial charge in [0.1, 0.15) is 0 Å². The second-order valence-electron chi connectivity index (χ2n) is 5.67. The molecule has 0 saturated carbocycles. The summed E-state index contributed by atoms with van der Waals surface area (Å²) in [6, 6.07) is 7.40. The zero-order chi connectivity index (χ0) is 15.0. The van der Waals surface area contributed by atoms with E-state index in [1.54, 1.807) is 5.01 Å². The Kier molecular flexibility index (Phi) is 3.75. The number of nitrogens with zero attached hydrogens (tertiary/aromatic N) is 1. The summed E-state index contributed by atoms with van der Waals surface area (Å²) in [7, 11) is -3.19. The van der Waals surface area contributed by atoms with Gasteiger partial charge in [-0.2, -0.15) is 0 Å². The van der Waals surface area contributed by atoms with Crippen LogP contribution in [0, 0.1) is 5.41 Å². The van der Waals surface area contributed by atoms with E-state index < -0.39 is 15.4 Å². The number of carbonyl (C=O) groups is 1. The van der Waals surface area contributed by atoms with Crippen molar-refractivity contribution in [3.05, 3.63) is 29.8 Å². The molecule has 0 unspecified atom stereocenters. The van der Waals surface area contributed by atoms with Crippen LogP contribution in [0.3, 0.4) is 0 Å². The molecule has 1 fully saturated rings. The highest BCUT2D eigenvalue weighted by atomic mass is 32.2. The van der Waals surface area contributed by atoms with Gasteiger partial charge in [-0.3, -0.25) is 15.2 Å². The molecule has 0 aromatic heterocycles. The third-order valence-corrected chi connectivity index (χ3v) is 3.86. The third-order valence-electron chi connectivity index (χ3n) is 3.19. The minimum atomic E-state index is -3.19. The molecule has 0 spiro atoms. The van der Waals surface area contributed by atoms with Crippen molar-refractivity contribution in [1.29, 1.82) is 0 Å². The molecule has 1 aliphatic heterocycles. The molecule has 2 N–H and O–H groups in total. The SMILES string of the molecule is CC1(C)CN(c2ccc(CNS(C)(=O)=O)cc2)NC1=O. The van der Waals surface area contributed by atoms with Crippen molar-refractivity contribution in [2.75, 3.05) is 17.8 Å². The lowest BCUT2D eigenvalue weighted by Gasteiger charge is -2.19. The molecule has 1 saturated heterocycles. The zero-order valence-corrected chi connectivity index (χ0v) is 12.6. The molecule has 0 bridgehead atoms. The van der Waals surface area contributed by atoms with Gasteiger partial charge in [0.2, 0.25) is 15.9 Å². The molecule has 20 heavy (non-hydrogen) atoms. The van der Waals surface area contributed by atoms with E-state index >= 15 is 0 Å². The van der Waals surface area contributed by atoms with Crippen molar-refractivity contribution in [3.8, 4) is 0 Å². The first-order valence-electron chi connectivity index (χ1n) is 6.30. The van der Waals surface area contributed by atoms with E-state index in [2.05, 4.69) is 10.1 Å². The second kappa shape index (κ2) is 5.06. The minimum absolute atomic E-state index is 0.000296. The second-order valence-corrected chi connectivity index (χ2v) is 7.50. The number of hydrazine groups is 1. The lowest BCUT2D eigenvalue weighted by atomic mass is 9.94. The lowest BCUT2D eigenvalue weighted by Crippen LogP contribution is -2.33. The van der Waals surface area contributed by atoms with Gasteiger partial charge in [-0.15, -0.1) is 0 Å². The predicted octanol–water partition coefficient (Wildman–Crippen LogP) is 0.613. The van der Waals surface area contributed by atoms with Crippen molar-refractivity contribution < 1.29 is 13.2 Å². The highest BCUT2D eigenvalue weighted by Gasteiger charge is 2.37. The van der Waals surface area contributed by atoms with Gasteiger partial charge in [-0.25, -0.2) is 13.1 Å². The average molecular weight is 297 g/mol. The topological polar surface area (TPSA) is 78.5 Å². The number of anilines is 1. The van der Waals surface area contributed by atoms with E-state index in [0.29, 0.717) is 6.54 Å². The Balaban J connectivity index is 2.04. The Morgan fingerprint density at radius 1 is 1.30 bits per heavy atom. The maximum Gasteiger partial charge on any atom is 0.246 e. The molecular weight excluding hydrogens is 278 g/mol. The summed E-state index contributed by atoms with van der Waals surface area (Å²) >= 11 is 0. The molecule has 1 amide bonds. The first kappa shape index (κ1) is 14.8. The summed E-state index contributed by atoms with van der Waals surface area (Å²) in [6.45, 7) is 4.66. The van der Waals surface area contributed by atoms with Gasteiger partial charge in [-0.1, -0.05) is 12.1 Å². The van der Waals surface area contributed by atoms with E-state index in [0.717, 1.165) is 17.5 Å². The quantitative estimate of drug-likeness (QED) is 0.853. The number of amides is 1.